The number of anilines is 3. The van der Waals surface area contributed by atoms with Crippen LogP contribution in [0.3, 0.4) is 0 Å². The lowest BCUT2D eigenvalue weighted by molar-refractivity contribution is 0.00739. The van der Waals surface area contributed by atoms with Crippen LogP contribution in [-0.4, -0.2) is 91.8 Å². The van der Waals surface area contributed by atoms with E-state index in [0.717, 1.165) is 54.1 Å². The van der Waals surface area contributed by atoms with Gasteiger partial charge in [0.2, 0.25) is 0 Å². The molecule has 12 nitrogen and oxygen atoms in total. The number of nitrogens with zero attached hydrogens (tertiary/aromatic N) is 6. The number of rotatable bonds is 8. The molecule has 4 heterocycles. The van der Waals surface area contributed by atoms with Crippen LogP contribution in [0.1, 0.15) is 57.9 Å². The summed E-state index contributed by atoms with van der Waals surface area (Å²) in [6.45, 7) is 7.36. The zero-order valence-electron chi connectivity index (χ0n) is 24.5. The summed E-state index contributed by atoms with van der Waals surface area (Å²) in [4.78, 5) is 15.9. The number of hydrogen-bond acceptors (Lipinski definition) is 11. The molecule has 43 heavy (non-hydrogen) atoms. The Kier molecular flexibility index (Phi) is 8.37. The third-order valence-corrected chi connectivity index (χ3v) is 10.2. The van der Waals surface area contributed by atoms with Crippen LogP contribution in [0.4, 0.5) is 17.3 Å². The van der Waals surface area contributed by atoms with Crippen molar-refractivity contribution in [2.45, 2.75) is 75.3 Å². The Hall–Kier alpha value is -3.57. The average Bonchev–Trinajstić information content (AvgIpc) is 3.75. The third-order valence-electron chi connectivity index (χ3n) is 8.20. The highest BCUT2D eigenvalue weighted by molar-refractivity contribution is 7.90. The van der Waals surface area contributed by atoms with Crippen LogP contribution >= 0.6 is 0 Å². The fourth-order valence-corrected chi connectivity index (χ4v) is 6.86. The van der Waals surface area contributed by atoms with Crippen molar-refractivity contribution in [2.75, 3.05) is 36.9 Å². The van der Waals surface area contributed by atoms with Gasteiger partial charge >= 0.3 is 0 Å². The molecule has 13 heteroatoms. The lowest BCUT2D eigenvalue weighted by atomic mass is 9.93. The van der Waals surface area contributed by atoms with E-state index in [1.165, 1.54) is 12.4 Å². The van der Waals surface area contributed by atoms with E-state index in [-0.39, 0.29) is 22.9 Å². The van der Waals surface area contributed by atoms with Gasteiger partial charge in [0.05, 0.1) is 59.3 Å². The third kappa shape index (κ3) is 6.99. The molecule has 0 radical (unpaired) electrons. The van der Waals surface area contributed by atoms with Gasteiger partial charge in [-0.25, -0.2) is 23.4 Å². The Balaban J connectivity index is 1.23. The SMILES string of the molecule is CC(C)(C#Cc1cnc(Nc2ccnc(-c3cnn(S(=O)(=O)C4CC4)c3)n2)cc1NC1CCC(O)CC1)N1CCOCC1. The lowest BCUT2D eigenvalue weighted by Gasteiger charge is -2.37. The minimum Gasteiger partial charge on any atom is -0.393 e. The molecule has 3 aromatic rings. The van der Waals surface area contributed by atoms with Crippen LogP contribution in [0.25, 0.3) is 11.4 Å². The number of pyridine rings is 1. The normalized spacial score (nSPS) is 21.6. The van der Waals surface area contributed by atoms with Crippen LogP contribution in [0.2, 0.25) is 0 Å². The summed E-state index contributed by atoms with van der Waals surface area (Å²) in [6, 6.07) is 3.88. The molecule has 0 atom stereocenters. The van der Waals surface area contributed by atoms with E-state index in [2.05, 4.69) is 61.3 Å². The van der Waals surface area contributed by atoms with Gasteiger partial charge in [-0.2, -0.15) is 9.19 Å². The van der Waals surface area contributed by atoms with Crippen LogP contribution in [-0.2, 0) is 14.8 Å². The first-order valence-electron chi connectivity index (χ1n) is 14.9. The van der Waals surface area contributed by atoms with Gasteiger partial charge < -0.3 is 20.5 Å². The number of hydrogen-bond donors (Lipinski definition) is 3. The topological polar surface area (TPSA) is 147 Å². The van der Waals surface area contributed by atoms with E-state index < -0.39 is 10.0 Å². The summed E-state index contributed by atoms with van der Waals surface area (Å²) in [7, 11) is -3.47. The van der Waals surface area contributed by atoms with Crippen molar-refractivity contribution < 1.29 is 18.3 Å². The highest BCUT2D eigenvalue weighted by Crippen LogP contribution is 2.31. The molecule has 228 valence electrons. The summed E-state index contributed by atoms with van der Waals surface area (Å²) in [5.41, 5.74) is 1.85. The van der Waals surface area contributed by atoms with Crippen molar-refractivity contribution in [1.82, 2.24) is 29.0 Å². The number of aromatic nitrogens is 5. The van der Waals surface area contributed by atoms with Crippen molar-refractivity contribution in [2.24, 2.45) is 0 Å². The predicted octanol–water partition coefficient (Wildman–Crippen LogP) is 3.00. The summed E-state index contributed by atoms with van der Waals surface area (Å²) in [5, 5.41) is 20.6. The molecule has 3 N–H and O–H groups in total. The smallest absolute Gasteiger partial charge is 0.256 e. The maximum absolute atomic E-state index is 12.6. The minimum atomic E-state index is -3.47. The molecule has 2 aliphatic carbocycles. The predicted molar refractivity (Wildman–Crippen MR) is 163 cm³/mol. The molecular weight excluding hydrogens is 568 g/mol. The van der Waals surface area contributed by atoms with Crippen LogP contribution < -0.4 is 10.6 Å². The zero-order valence-corrected chi connectivity index (χ0v) is 25.3. The Morgan fingerprint density at radius 3 is 2.56 bits per heavy atom. The molecule has 3 aromatic heterocycles. The van der Waals surface area contributed by atoms with E-state index in [0.29, 0.717) is 49.1 Å². The van der Waals surface area contributed by atoms with E-state index in [1.54, 1.807) is 18.5 Å². The molecule has 1 saturated heterocycles. The van der Waals surface area contributed by atoms with Crippen molar-refractivity contribution in [1.29, 1.82) is 0 Å². The molecule has 0 spiro atoms. The molecular formula is C30H38N8O4S. The maximum atomic E-state index is 12.6. The Labute approximate surface area is 252 Å². The average molecular weight is 607 g/mol. The first kappa shape index (κ1) is 29.5. The van der Waals surface area contributed by atoms with Gasteiger partial charge in [0.15, 0.2) is 5.82 Å². The molecule has 3 fully saturated rings. The second kappa shape index (κ2) is 12.2. The van der Waals surface area contributed by atoms with Crippen molar-refractivity contribution in [3.05, 3.63) is 42.5 Å². The number of aliphatic hydroxyl groups excluding tert-OH is 1. The number of morpholine rings is 1. The van der Waals surface area contributed by atoms with Gasteiger partial charge in [-0.05, 0) is 58.4 Å². The van der Waals surface area contributed by atoms with Gasteiger partial charge in [-0.1, -0.05) is 11.8 Å². The first-order valence-corrected chi connectivity index (χ1v) is 16.4. The van der Waals surface area contributed by atoms with E-state index in [4.69, 9.17) is 4.74 Å². The summed E-state index contributed by atoms with van der Waals surface area (Å²) < 4.78 is 31.6. The standard InChI is InChI=1S/C30H38N8O4S/c1-30(2,37-13-15-42-16-14-37)11-9-21-18-32-28(17-26(21)34-23-3-5-24(39)6-4-23)35-27-10-12-31-29(36-27)22-19-33-38(20-22)43(40,41)25-7-8-25/h10,12,17-20,23-25,39H,3-8,13-16H2,1-2H3,(H2,31,32,34,35,36). The first-order chi connectivity index (χ1) is 20.7. The Morgan fingerprint density at radius 1 is 1.05 bits per heavy atom. The molecule has 0 unspecified atom stereocenters. The fourth-order valence-electron chi connectivity index (χ4n) is 5.38. The van der Waals surface area contributed by atoms with Crippen molar-refractivity contribution >= 4 is 27.3 Å². The molecule has 0 bridgehead atoms. The second-order valence-corrected chi connectivity index (χ2v) is 14.0. The number of nitrogens with one attached hydrogen (secondary N) is 2. The molecule has 1 aliphatic heterocycles. The van der Waals surface area contributed by atoms with E-state index in [9.17, 15) is 13.5 Å². The van der Waals surface area contributed by atoms with E-state index >= 15 is 0 Å². The molecule has 2 saturated carbocycles. The summed E-state index contributed by atoms with van der Waals surface area (Å²) >= 11 is 0. The van der Waals surface area contributed by atoms with Crippen LogP contribution in [0, 0.1) is 11.8 Å². The lowest BCUT2D eigenvalue weighted by Crippen LogP contribution is -2.49. The quantitative estimate of drug-likeness (QED) is 0.325. The van der Waals surface area contributed by atoms with Gasteiger partial charge in [0, 0.05) is 37.6 Å². The summed E-state index contributed by atoms with van der Waals surface area (Å²) in [6.07, 6.45) is 10.7. The van der Waals surface area contributed by atoms with Gasteiger partial charge in [0.25, 0.3) is 10.0 Å². The Bertz CT molecular complexity index is 1610. The van der Waals surface area contributed by atoms with Crippen LogP contribution in [0.15, 0.2) is 36.9 Å². The van der Waals surface area contributed by atoms with Gasteiger partial charge in [0.1, 0.15) is 11.6 Å². The largest absolute Gasteiger partial charge is 0.393 e. The van der Waals surface area contributed by atoms with Crippen molar-refractivity contribution in [3.8, 4) is 23.2 Å². The molecule has 3 aliphatic rings. The molecule has 0 amide bonds. The molecule has 0 aromatic carbocycles. The Morgan fingerprint density at radius 2 is 1.81 bits per heavy atom. The van der Waals surface area contributed by atoms with Gasteiger partial charge in [-0.3, -0.25) is 4.90 Å². The second-order valence-electron chi connectivity index (χ2n) is 11.9. The van der Waals surface area contributed by atoms with E-state index in [1.807, 2.05) is 6.07 Å². The zero-order chi connectivity index (χ0) is 30.0. The molecule has 6 rings (SSSR count). The summed E-state index contributed by atoms with van der Waals surface area (Å²) in [5.74, 6) is 8.28. The minimum absolute atomic E-state index is 0.223. The van der Waals surface area contributed by atoms with Gasteiger partial charge in [-0.15, -0.1) is 0 Å². The highest BCUT2D eigenvalue weighted by Gasteiger charge is 2.37. The number of ether oxygens (including phenoxy) is 1. The number of aliphatic hydroxyl groups is 1. The fraction of sp³-hybridized carbons (Fsp3) is 0.533. The highest BCUT2D eigenvalue weighted by atomic mass is 32.2. The van der Waals surface area contributed by atoms with Crippen LogP contribution in [0.5, 0.6) is 0 Å². The monoisotopic (exact) mass is 606 g/mol. The van der Waals surface area contributed by atoms with Crippen molar-refractivity contribution in [3.63, 3.8) is 0 Å². The maximum Gasteiger partial charge on any atom is 0.256 e.